The minimum atomic E-state index is -4.58. The van der Waals surface area contributed by atoms with Gasteiger partial charge < -0.3 is 0 Å². The minimum absolute atomic E-state index is 0.0104. The lowest BCUT2D eigenvalue weighted by Gasteiger charge is -2.15. The predicted octanol–water partition coefficient (Wildman–Crippen LogP) is 4.35. The van der Waals surface area contributed by atoms with E-state index in [4.69, 9.17) is 4.55 Å². The van der Waals surface area contributed by atoms with Crippen molar-refractivity contribution < 1.29 is 35.5 Å². The van der Waals surface area contributed by atoms with Gasteiger partial charge in [0, 0.05) is 37.4 Å². The van der Waals surface area contributed by atoms with Gasteiger partial charge in [-0.15, -0.1) is 0 Å². The number of fused-ring (bicyclic) bond motifs is 1. The first-order valence-electron chi connectivity index (χ1n) is 10.2. The lowest BCUT2D eigenvalue weighted by Crippen LogP contribution is -2.30. The molecule has 1 amide bonds. The monoisotopic (exact) mass is 494 g/mol. The number of imidazole rings is 1. The molecule has 180 valence electrons. The van der Waals surface area contributed by atoms with E-state index in [-0.39, 0.29) is 24.4 Å². The third-order valence-electron chi connectivity index (χ3n) is 5.09. The molecule has 0 bridgehead atoms. The Morgan fingerprint density at radius 1 is 1.21 bits per heavy atom. The Morgan fingerprint density at radius 2 is 1.88 bits per heavy atom. The van der Waals surface area contributed by atoms with Crippen LogP contribution in [0, 0.1) is 0 Å². The molecule has 0 spiro atoms. The second kappa shape index (κ2) is 9.82. The van der Waals surface area contributed by atoms with E-state index in [1.54, 1.807) is 34.9 Å². The molecule has 3 aromatic rings. The van der Waals surface area contributed by atoms with Gasteiger partial charge in [-0.2, -0.15) is 26.2 Å². The number of alkyl halides is 3. The topological polar surface area (TPSA) is 83.5 Å². The second-order valence-electron chi connectivity index (χ2n) is 7.44. The summed E-state index contributed by atoms with van der Waals surface area (Å²) in [6.07, 6.45) is -0.195. The second-order valence-corrected chi connectivity index (χ2v) is 9.02. The van der Waals surface area contributed by atoms with Crippen molar-refractivity contribution >= 4 is 45.0 Å². The third kappa shape index (κ3) is 5.72. The number of rotatable bonds is 8. The average molecular weight is 495 g/mol. The highest BCUT2D eigenvalue weighted by Gasteiger charge is 2.33. The Balaban J connectivity index is 2.17. The van der Waals surface area contributed by atoms with Crippen molar-refractivity contribution in [3.63, 3.8) is 0 Å². The maximum atomic E-state index is 13.4. The summed E-state index contributed by atoms with van der Waals surface area (Å²) in [6.45, 7) is 5.10. The van der Waals surface area contributed by atoms with Crippen LogP contribution >= 0.6 is 0 Å². The number of carbonyl (C=O) groups is 1. The molecule has 0 aliphatic carbocycles. The summed E-state index contributed by atoms with van der Waals surface area (Å²) in [5, 5.41) is 0. The molecule has 0 saturated carbocycles. The molecule has 1 heterocycles. The summed E-state index contributed by atoms with van der Waals surface area (Å²) in [5.74, 6) is -0.491. The van der Waals surface area contributed by atoms with Gasteiger partial charge in [-0.3, -0.25) is 14.2 Å². The molecule has 0 fully saturated rings. The number of halogens is 3. The van der Waals surface area contributed by atoms with E-state index in [1.165, 1.54) is 40.9 Å². The number of carbonyl (C=O) groups excluding carboxylic acids is 1. The fraction of sp³-hybridized carbons (Fsp3) is 0.217. The average Bonchev–Trinajstić information content (AvgIpc) is 3.05. The molecule has 0 aliphatic rings. The Labute approximate surface area is 194 Å². The van der Waals surface area contributed by atoms with E-state index >= 15 is 0 Å². The highest BCUT2D eigenvalue weighted by Crippen LogP contribution is 2.31. The molecule has 0 atom stereocenters. The highest BCUT2D eigenvalue weighted by atomic mass is 32.2. The van der Waals surface area contributed by atoms with Crippen molar-refractivity contribution in [2.75, 3.05) is 10.7 Å². The number of para-hydroxylation sites is 1. The van der Waals surface area contributed by atoms with Gasteiger partial charge >= 0.3 is 6.18 Å². The van der Waals surface area contributed by atoms with Gasteiger partial charge in [-0.05, 0) is 24.3 Å². The summed E-state index contributed by atoms with van der Waals surface area (Å²) in [6, 6.07) is 12.0. The number of anilines is 1. The predicted molar refractivity (Wildman–Crippen MR) is 123 cm³/mol. The van der Waals surface area contributed by atoms with Gasteiger partial charge in [0.05, 0.1) is 24.1 Å². The van der Waals surface area contributed by atoms with Crippen LogP contribution in [0.1, 0.15) is 24.7 Å². The van der Waals surface area contributed by atoms with Crippen molar-refractivity contribution in [1.29, 1.82) is 0 Å². The lowest BCUT2D eigenvalue weighted by molar-refractivity contribution is -0.542. The van der Waals surface area contributed by atoms with Crippen LogP contribution in [0.5, 0.6) is 0 Å². The summed E-state index contributed by atoms with van der Waals surface area (Å²) < 4.78 is 74.6. The van der Waals surface area contributed by atoms with Crippen molar-refractivity contribution in [3.05, 3.63) is 72.7 Å². The molecule has 0 unspecified atom stereocenters. The Hall–Kier alpha value is -3.44. The van der Waals surface area contributed by atoms with Crippen LogP contribution in [-0.4, -0.2) is 29.2 Å². The van der Waals surface area contributed by atoms with Gasteiger partial charge in [-0.1, -0.05) is 24.8 Å². The van der Waals surface area contributed by atoms with Crippen LogP contribution in [-0.2, 0) is 27.6 Å². The van der Waals surface area contributed by atoms with Crippen LogP contribution in [0.2, 0.25) is 0 Å². The Bertz CT molecular complexity index is 1350. The fourth-order valence-corrected chi connectivity index (χ4v) is 4.10. The minimum Gasteiger partial charge on any atom is -0.288 e. The highest BCUT2D eigenvalue weighted by molar-refractivity contribution is 7.85. The van der Waals surface area contributed by atoms with Crippen LogP contribution in [0.15, 0.2) is 61.3 Å². The Kier molecular flexibility index (Phi) is 7.27. The van der Waals surface area contributed by atoms with E-state index in [9.17, 15) is 26.4 Å². The zero-order valence-electron chi connectivity index (χ0n) is 18.2. The van der Waals surface area contributed by atoms with Crippen molar-refractivity contribution in [1.82, 2.24) is 4.57 Å². The molecular weight excluding hydrogens is 471 g/mol. The van der Waals surface area contributed by atoms with E-state index < -0.39 is 27.6 Å². The summed E-state index contributed by atoms with van der Waals surface area (Å²) >= 11 is 0. The van der Waals surface area contributed by atoms with Gasteiger partial charge in [-0.25, -0.2) is 4.57 Å². The number of nitrogens with zero attached hydrogens (tertiary/aromatic N) is 3. The van der Waals surface area contributed by atoms with E-state index in [2.05, 4.69) is 6.58 Å². The molecule has 0 radical (unpaired) electrons. The van der Waals surface area contributed by atoms with E-state index in [0.29, 0.717) is 17.0 Å². The van der Waals surface area contributed by atoms with Crippen LogP contribution < -0.4 is 9.47 Å². The smallest absolute Gasteiger partial charge is 0.288 e. The zero-order valence-corrected chi connectivity index (χ0v) is 19.1. The Morgan fingerprint density at radius 3 is 2.44 bits per heavy atom. The number of aromatic nitrogens is 2. The number of benzene rings is 2. The summed E-state index contributed by atoms with van der Waals surface area (Å²) in [4.78, 5) is 13.6. The van der Waals surface area contributed by atoms with Crippen LogP contribution in [0.25, 0.3) is 23.3 Å². The van der Waals surface area contributed by atoms with Gasteiger partial charge in [0.15, 0.2) is 11.0 Å². The summed E-state index contributed by atoms with van der Waals surface area (Å²) in [5.41, 5.74) is 0.321. The first kappa shape index (κ1) is 25.2. The SMILES string of the molecule is C=C[n+]1c(C=CN(C(C)=O)c2ccccc2)n(CCCS(=O)(=O)O)c2cc(C(F)(F)F)ccc21. The third-order valence-corrected chi connectivity index (χ3v) is 5.89. The molecule has 1 aromatic heterocycles. The van der Waals surface area contributed by atoms with Crippen LogP contribution in [0.3, 0.4) is 0 Å². The first-order valence-corrected chi connectivity index (χ1v) is 11.8. The van der Waals surface area contributed by atoms with Crippen LogP contribution in [0.4, 0.5) is 18.9 Å². The summed E-state index contributed by atoms with van der Waals surface area (Å²) in [7, 11) is -4.25. The first-order chi connectivity index (χ1) is 15.9. The molecule has 2 aromatic carbocycles. The quantitative estimate of drug-likeness (QED) is 0.373. The molecular formula is C23H23F3N3O4S+. The van der Waals surface area contributed by atoms with Gasteiger partial charge in [0.25, 0.3) is 15.9 Å². The van der Waals surface area contributed by atoms with Crippen molar-refractivity contribution in [2.24, 2.45) is 0 Å². The molecule has 7 nitrogen and oxygen atoms in total. The van der Waals surface area contributed by atoms with E-state index in [0.717, 1.165) is 12.1 Å². The molecule has 0 aliphatic heterocycles. The standard InChI is InChI=1S/C23H22F3N3O4S/c1-3-27-20-11-10-18(23(24,25)26)16-21(20)29(13-7-15-34(31,32)33)22(27)12-14-28(17(2)30)19-8-5-4-6-9-19/h3-6,8-12,14,16H,1,7,13,15H2,2H3/p+1. The zero-order chi connectivity index (χ0) is 25.1. The van der Waals surface area contributed by atoms with Gasteiger partial charge in [0.2, 0.25) is 5.91 Å². The molecule has 0 saturated heterocycles. The normalized spacial score (nSPS) is 12.4. The largest absolute Gasteiger partial charge is 0.416 e. The molecule has 3 rings (SSSR count). The lowest BCUT2D eigenvalue weighted by atomic mass is 10.2. The number of hydrogen-bond acceptors (Lipinski definition) is 3. The van der Waals surface area contributed by atoms with E-state index in [1.807, 2.05) is 0 Å². The number of aryl methyl sites for hydroxylation is 1. The molecule has 11 heteroatoms. The maximum absolute atomic E-state index is 13.4. The maximum Gasteiger partial charge on any atom is 0.416 e. The number of amides is 1. The van der Waals surface area contributed by atoms with Crippen molar-refractivity contribution in [2.45, 2.75) is 26.1 Å². The number of hydrogen-bond donors (Lipinski definition) is 1. The molecule has 34 heavy (non-hydrogen) atoms. The molecule has 1 N–H and O–H groups in total. The fourth-order valence-electron chi connectivity index (χ4n) is 3.60. The van der Waals surface area contributed by atoms with Crippen molar-refractivity contribution in [3.8, 4) is 0 Å². The van der Waals surface area contributed by atoms with Gasteiger partial charge in [0.1, 0.15) is 0 Å².